The van der Waals surface area contributed by atoms with Gasteiger partial charge in [0, 0.05) is 17.9 Å². The summed E-state index contributed by atoms with van der Waals surface area (Å²) in [5.74, 6) is -0.154. The highest BCUT2D eigenvalue weighted by Crippen LogP contribution is 2.09. The number of rotatable bonds is 5. The largest absolute Gasteiger partial charge is 0.478 e. The fourth-order valence-electron chi connectivity index (χ4n) is 1.17. The van der Waals surface area contributed by atoms with Crippen LogP contribution in [0.3, 0.4) is 0 Å². The van der Waals surface area contributed by atoms with Crippen molar-refractivity contribution in [2.45, 2.75) is 6.92 Å². The predicted molar refractivity (Wildman–Crippen MR) is 67.4 cm³/mol. The molecule has 2 N–H and O–H groups in total. The summed E-state index contributed by atoms with van der Waals surface area (Å²) in [4.78, 5) is 26.1. The number of carbonyl (C=O) groups is 2. The van der Waals surface area contributed by atoms with E-state index in [4.69, 9.17) is 5.11 Å². The van der Waals surface area contributed by atoms with E-state index in [0.717, 1.165) is 5.75 Å². The average Bonchev–Trinajstić information content (AvgIpc) is 2.30. The highest BCUT2D eigenvalue weighted by Gasteiger charge is 2.13. The second kappa shape index (κ2) is 6.24. The molecule has 0 aliphatic rings. The molecular formula is C11H14N2O3S. The highest BCUT2D eigenvalue weighted by atomic mass is 32.2. The van der Waals surface area contributed by atoms with Crippen LogP contribution >= 0.6 is 11.8 Å². The van der Waals surface area contributed by atoms with Crippen LogP contribution in [0.2, 0.25) is 0 Å². The third-order valence-electron chi connectivity index (χ3n) is 2.13. The number of carbonyl (C=O) groups excluding carboxylic acids is 1. The molecule has 0 radical (unpaired) electrons. The van der Waals surface area contributed by atoms with Crippen LogP contribution in [0.15, 0.2) is 18.3 Å². The van der Waals surface area contributed by atoms with Gasteiger partial charge in [0.2, 0.25) is 5.91 Å². The van der Waals surface area contributed by atoms with Crippen molar-refractivity contribution >= 4 is 29.5 Å². The molecule has 0 spiro atoms. The van der Waals surface area contributed by atoms with Gasteiger partial charge in [-0.3, -0.25) is 4.79 Å². The van der Waals surface area contributed by atoms with E-state index in [0.29, 0.717) is 5.82 Å². The molecular weight excluding hydrogens is 240 g/mol. The summed E-state index contributed by atoms with van der Waals surface area (Å²) in [6, 6.07) is 2.89. The maximum atomic E-state index is 11.6. The molecule has 6 heteroatoms. The molecule has 0 saturated heterocycles. The van der Waals surface area contributed by atoms with Gasteiger partial charge in [0.1, 0.15) is 5.82 Å². The molecule has 0 bridgehead atoms. The molecule has 1 atom stereocenters. The standard InChI is InChI=1S/C11H14N2O3S/c1-7(6-17-2)10(14)13-9-4-3-8(5-12-9)11(15)16/h3-5,7H,6H2,1-2H3,(H,15,16)(H,12,13,14). The lowest BCUT2D eigenvalue weighted by Gasteiger charge is -2.10. The number of nitrogens with zero attached hydrogens (tertiary/aromatic N) is 1. The van der Waals surface area contributed by atoms with E-state index in [-0.39, 0.29) is 17.4 Å². The Morgan fingerprint density at radius 3 is 2.71 bits per heavy atom. The quantitative estimate of drug-likeness (QED) is 0.836. The molecule has 0 aromatic carbocycles. The third kappa shape index (κ3) is 4.07. The molecule has 1 aromatic heterocycles. The molecule has 1 heterocycles. The molecule has 92 valence electrons. The third-order valence-corrected chi connectivity index (χ3v) is 2.96. The van der Waals surface area contributed by atoms with Crippen LogP contribution in [0.5, 0.6) is 0 Å². The minimum absolute atomic E-state index is 0.0974. The Hall–Kier alpha value is -1.56. The van der Waals surface area contributed by atoms with E-state index in [1.165, 1.54) is 18.3 Å². The molecule has 0 saturated carbocycles. The number of aromatic carboxylic acids is 1. The van der Waals surface area contributed by atoms with Crippen LogP contribution in [0.25, 0.3) is 0 Å². The van der Waals surface area contributed by atoms with Crippen molar-refractivity contribution in [3.63, 3.8) is 0 Å². The zero-order valence-corrected chi connectivity index (χ0v) is 10.5. The Morgan fingerprint density at radius 1 is 1.53 bits per heavy atom. The van der Waals surface area contributed by atoms with E-state index in [1.54, 1.807) is 11.8 Å². The van der Waals surface area contributed by atoms with E-state index < -0.39 is 5.97 Å². The van der Waals surface area contributed by atoms with Crippen molar-refractivity contribution in [1.82, 2.24) is 4.98 Å². The Labute approximate surface area is 104 Å². The van der Waals surface area contributed by atoms with Gasteiger partial charge >= 0.3 is 5.97 Å². The number of amides is 1. The summed E-state index contributed by atoms with van der Waals surface area (Å²) in [5.41, 5.74) is 0.0974. The molecule has 0 fully saturated rings. The second-order valence-corrected chi connectivity index (χ2v) is 4.49. The lowest BCUT2D eigenvalue weighted by molar-refractivity contribution is -0.118. The van der Waals surface area contributed by atoms with E-state index in [9.17, 15) is 9.59 Å². The van der Waals surface area contributed by atoms with Gasteiger partial charge in [0.15, 0.2) is 0 Å². The smallest absolute Gasteiger partial charge is 0.337 e. The Morgan fingerprint density at radius 2 is 2.24 bits per heavy atom. The first-order chi connectivity index (χ1) is 8.04. The Bertz CT molecular complexity index is 406. The SMILES string of the molecule is CSCC(C)C(=O)Nc1ccc(C(=O)O)cn1. The van der Waals surface area contributed by atoms with Crippen LogP contribution in [0.1, 0.15) is 17.3 Å². The van der Waals surface area contributed by atoms with Crippen LogP contribution in [-0.2, 0) is 4.79 Å². The van der Waals surface area contributed by atoms with Crippen LogP contribution in [0.4, 0.5) is 5.82 Å². The topological polar surface area (TPSA) is 79.3 Å². The summed E-state index contributed by atoms with van der Waals surface area (Å²) in [5, 5.41) is 11.3. The number of carboxylic acid groups (broad SMARTS) is 1. The Balaban J connectivity index is 2.63. The summed E-state index contributed by atoms with van der Waals surface area (Å²) >= 11 is 1.60. The fourth-order valence-corrected chi connectivity index (χ4v) is 1.82. The number of hydrogen-bond acceptors (Lipinski definition) is 4. The number of carboxylic acids is 1. The van der Waals surface area contributed by atoms with E-state index in [1.807, 2.05) is 13.2 Å². The monoisotopic (exact) mass is 254 g/mol. The molecule has 1 rings (SSSR count). The molecule has 0 aliphatic carbocycles. The van der Waals surface area contributed by atoms with Crippen LogP contribution in [0, 0.1) is 5.92 Å². The van der Waals surface area contributed by atoms with Gasteiger partial charge in [-0.1, -0.05) is 6.92 Å². The van der Waals surface area contributed by atoms with Crippen molar-refractivity contribution in [3.05, 3.63) is 23.9 Å². The van der Waals surface area contributed by atoms with Gasteiger partial charge in [-0.25, -0.2) is 9.78 Å². The van der Waals surface area contributed by atoms with E-state index >= 15 is 0 Å². The molecule has 17 heavy (non-hydrogen) atoms. The molecule has 0 aliphatic heterocycles. The van der Waals surface area contributed by atoms with Crippen molar-refractivity contribution in [3.8, 4) is 0 Å². The minimum atomic E-state index is -1.04. The molecule has 1 amide bonds. The zero-order chi connectivity index (χ0) is 12.8. The zero-order valence-electron chi connectivity index (χ0n) is 9.64. The van der Waals surface area contributed by atoms with Crippen LogP contribution in [-0.4, -0.2) is 34.0 Å². The van der Waals surface area contributed by atoms with E-state index in [2.05, 4.69) is 10.3 Å². The van der Waals surface area contributed by atoms with Crippen molar-refractivity contribution in [1.29, 1.82) is 0 Å². The number of thioether (sulfide) groups is 1. The normalized spacial score (nSPS) is 11.9. The first-order valence-electron chi connectivity index (χ1n) is 5.03. The summed E-state index contributed by atoms with van der Waals surface area (Å²) in [7, 11) is 0. The second-order valence-electron chi connectivity index (χ2n) is 3.58. The average molecular weight is 254 g/mol. The molecule has 1 aromatic rings. The van der Waals surface area contributed by atoms with Crippen molar-refractivity contribution in [2.75, 3.05) is 17.3 Å². The van der Waals surface area contributed by atoms with Gasteiger partial charge < -0.3 is 10.4 Å². The van der Waals surface area contributed by atoms with Gasteiger partial charge in [-0.15, -0.1) is 0 Å². The van der Waals surface area contributed by atoms with Crippen molar-refractivity contribution < 1.29 is 14.7 Å². The molecule has 1 unspecified atom stereocenters. The maximum Gasteiger partial charge on any atom is 0.337 e. The highest BCUT2D eigenvalue weighted by molar-refractivity contribution is 7.98. The maximum absolute atomic E-state index is 11.6. The number of nitrogens with one attached hydrogen (secondary N) is 1. The molecule has 5 nitrogen and oxygen atoms in total. The Kier molecular flexibility index (Phi) is 4.96. The minimum Gasteiger partial charge on any atom is -0.478 e. The summed E-state index contributed by atoms with van der Waals surface area (Å²) in [6.45, 7) is 1.83. The fraction of sp³-hybridized carbons (Fsp3) is 0.364. The lowest BCUT2D eigenvalue weighted by atomic mass is 10.2. The van der Waals surface area contributed by atoms with Gasteiger partial charge in [-0.2, -0.15) is 11.8 Å². The van der Waals surface area contributed by atoms with Gasteiger partial charge in [0.05, 0.1) is 5.56 Å². The van der Waals surface area contributed by atoms with Gasteiger partial charge in [0.25, 0.3) is 0 Å². The lowest BCUT2D eigenvalue weighted by Crippen LogP contribution is -2.22. The number of pyridine rings is 1. The predicted octanol–water partition coefficient (Wildman–Crippen LogP) is 1.72. The van der Waals surface area contributed by atoms with Crippen LogP contribution < -0.4 is 5.32 Å². The van der Waals surface area contributed by atoms with Crippen molar-refractivity contribution in [2.24, 2.45) is 5.92 Å². The van der Waals surface area contributed by atoms with Gasteiger partial charge in [-0.05, 0) is 18.4 Å². The summed E-state index contributed by atoms with van der Waals surface area (Å²) in [6.07, 6.45) is 3.15. The number of anilines is 1. The first-order valence-corrected chi connectivity index (χ1v) is 6.43. The number of hydrogen-bond donors (Lipinski definition) is 2. The first kappa shape index (κ1) is 13.5. The number of aromatic nitrogens is 1. The summed E-state index contributed by atoms with van der Waals surface area (Å²) < 4.78 is 0.